The van der Waals surface area contributed by atoms with Crippen LogP contribution >= 0.6 is 0 Å². The van der Waals surface area contributed by atoms with Gasteiger partial charge in [0.15, 0.2) is 0 Å². The van der Waals surface area contributed by atoms with E-state index >= 15 is 0 Å². The highest BCUT2D eigenvalue weighted by atomic mass is 32.2. The number of nitrogens with one attached hydrogen (secondary N) is 3. The molecule has 3 rings (SSSR count). The largest absolute Gasteiger partial charge is 0.465 e. The van der Waals surface area contributed by atoms with Crippen LogP contribution in [0.1, 0.15) is 45.2 Å². The highest BCUT2D eigenvalue weighted by molar-refractivity contribution is 7.90. The number of hydrogen-bond donors (Lipinski definition) is 5. The van der Waals surface area contributed by atoms with Gasteiger partial charge < -0.3 is 26.2 Å². The van der Waals surface area contributed by atoms with Gasteiger partial charge in [-0.25, -0.2) is 13.2 Å². The number of carbonyl (C=O) groups is 2. The molecule has 1 aromatic heterocycles. The summed E-state index contributed by atoms with van der Waals surface area (Å²) in [5, 5.41) is 29.9. The van der Waals surface area contributed by atoms with E-state index in [-0.39, 0.29) is 18.1 Å². The first-order chi connectivity index (χ1) is 21.6. The monoisotopic (exact) mass is 652 g/mol. The Kier molecular flexibility index (Phi) is 13.3. The molecule has 0 unspecified atom stereocenters. The van der Waals surface area contributed by atoms with Gasteiger partial charge in [0, 0.05) is 30.1 Å². The van der Waals surface area contributed by atoms with Crippen molar-refractivity contribution in [3.05, 3.63) is 90.1 Å². The molecule has 3 aromatic rings. The Bertz CT molecular complexity index is 1500. The van der Waals surface area contributed by atoms with Crippen molar-refractivity contribution in [2.24, 2.45) is 11.3 Å². The molecule has 2 aromatic carbocycles. The third kappa shape index (κ3) is 12.5. The minimum Gasteiger partial charge on any atom is -0.465 e. The van der Waals surface area contributed by atoms with Crippen molar-refractivity contribution < 1.29 is 28.2 Å². The number of aliphatic hydroxyl groups is 1. The summed E-state index contributed by atoms with van der Waals surface area (Å²) in [7, 11) is -3.17. The molecule has 0 aliphatic carbocycles. The van der Waals surface area contributed by atoms with Crippen LogP contribution in [0.2, 0.25) is 0 Å². The van der Waals surface area contributed by atoms with Crippen molar-refractivity contribution >= 4 is 21.8 Å². The lowest BCUT2D eigenvalue weighted by atomic mass is 9.85. The third-order valence-corrected chi connectivity index (χ3v) is 8.92. The zero-order valence-corrected chi connectivity index (χ0v) is 28.1. The van der Waals surface area contributed by atoms with Crippen LogP contribution < -0.4 is 16.0 Å². The smallest absolute Gasteiger partial charge is 0.405 e. The SMILES string of the molecule is C[C@@H](CN[C@@H](Cc1ccccc1)[C@@H](O)C[C@H](Cc1ccc(-c2ccccn2)cc1)NC(=O)[C@@H](NC(=O)O)C(C)(C)C)CS(C)(=O)=O. The number of hydrogen-bond acceptors (Lipinski definition) is 7. The van der Waals surface area contributed by atoms with Crippen molar-refractivity contribution in [1.82, 2.24) is 20.9 Å². The Labute approximate surface area is 273 Å². The topological polar surface area (TPSA) is 158 Å². The molecule has 250 valence electrons. The number of sulfone groups is 1. The average Bonchev–Trinajstić information content (AvgIpc) is 2.97. The molecule has 0 radical (unpaired) electrons. The van der Waals surface area contributed by atoms with Gasteiger partial charge in [-0.2, -0.15) is 0 Å². The summed E-state index contributed by atoms with van der Waals surface area (Å²) in [6.07, 6.45) is 1.75. The molecule has 1 heterocycles. The van der Waals surface area contributed by atoms with Gasteiger partial charge in [0.1, 0.15) is 15.9 Å². The van der Waals surface area contributed by atoms with Crippen LogP contribution in [-0.4, -0.2) is 78.4 Å². The molecule has 46 heavy (non-hydrogen) atoms. The van der Waals surface area contributed by atoms with E-state index in [0.717, 1.165) is 22.4 Å². The Hall–Kier alpha value is -3.80. The van der Waals surface area contributed by atoms with E-state index in [1.165, 1.54) is 6.26 Å². The standard InChI is InChI=1S/C35H48N4O6S/c1-24(23-46(5,44)45)22-37-30(20-25-11-7-6-8-12-25)31(40)21-28(38-33(41)32(35(2,3)4)39-34(42)43)19-26-14-16-27(17-15-26)29-13-9-10-18-36-29/h6-18,24,28,30-32,37,39-40H,19-23H2,1-5H3,(H,38,41)(H,42,43)/t24-,28-,30-,31-,32+/m0/s1. The number of benzene rings is 2. The molecule has 10 nitrogen and oxygen atoms in total. The van der Waals surface area contributed by atoms with Crippen LogP contribution in [0.15, 0.2) is 79.0 Å². The van der Waals surface area contributed by atoms with Crippen LogP contribution in [0.5, 0.6) is 0 Å². The van der Waals surface area contributed by atoms with E-state index < -0.39 is 51.5 Å². The molecule has 5 atom stereocenters. The molecule has 0 aliphatic heterocycles. The number of aliphatic hydroxyl groups excluding tert-OH is 1. The minimum absolute atomic E-state index is 0.0199. The van der Waals surface area contributed by atoms with Gasteiger partial charge in [0.25, 0.3) is 0 Å². The molecule has 5 N–H and O–H groups in total. The number of nitrogens with zero attached hydrogens (tertiary/aromatic N) is 1. The van der Waals surface area contributed by atoms with Gasteiger partial charge >= 0.3 is 6.09 Å². The van der Waals surface area contributed by atoms with Gasteiger partial charge in [0.05, 0.1) is 17.6 Å². The van der Waals surface area contributed by atoms with Crippen molar-refractivity contribution in [2.75, 3.05) is 18.6 Å². The summed E-state index contributed by atoms with van der Waals surface area (Å²) in [5.74, 6) is -0.638. The van der Waals surface area contributed by atoms with Gasteiger partial charge in [0.2, 0.25) is 5.91 Å². The van der Waals surface area contributed by atoms with Crippen molar-refractivity contribution in [1.29, 1.82) is 0 Å². The molecule has 0 spiro atoms. The van der Waals surface area contributed by atoms with Crippen LogP contribution in [-0.2, 0) is 27.5 Å². The van der Waals surface area contributed by atoms with Crippen LogP contribution in [0.3, 0.4) is 0 Å². The first-order valence-electron chi connectivity index (χ1n) is 15.5. The average molecular weight is 653 g/mol. The highest BCUT2D eigenvalue weighted by Gasteiger charge is 2.35. The quantitative estimate of drug-likeness (QED) is 0.155. The Morgan fingerprint density at radius 3 is 2.09 bits per heavy atom. The molecule has 0 saturated heterocycles. The summed E-state index contributed by atoms with van der Waals surface area (Å²) in [6, 6.07) is 21.2. The number of amides is 2. The second-order valence-electron chi connectivity index (χ2n) is 13.3. The van der Waals surface area contributed by atoms with Crippen molar-refractivity contribution in [3.8, 4) is 11.3 Å². The summed E-state index contributed by atoms with van der Waals surface area (Å²) in [4.78, 5) is 29.5. The Morgan fingerprint density at radius 2 is 1.52 bits per heavy atom. The molecule has 0 aliphatic rings. The van der Waals surface area contributed by atoms with Gasteiger partial charge in [-0.15, -0.1) is 0 Å². The summed E-state index contributed by atoms with van der Waals surface area (Å²) >= 11 is 0. The van der Waals surface area contributed by atoms with E-state index in [0.29, 0.717) is 19.4 Å². The normalized spacial score (nSPS) is 15.3. The maximum atomic E-state index is 13.6. The Morgan fingerprint density at radius 1 is 0.891 bits per heavy atom. The number of carbonyl (C=O) groups excluding carboxylic acids is 1. The zero-order chi connectivity index (χ0) is 33.9. The molecular formula is C35H48N4O6S. The fraction of sp³-hybridized carbons (Fsp3) is 0.457. The van der Waals surface area contributed by atoms with Crippen molar-refractivity contribution in [3.63, 3.8) is 0 Å². The van der Waals surface area contributed by atoms with E-state index in [2.05, 4.69) is 20.9 Å². The van der Waals surface area contributed by atoms with E-state index in [1.807, 2.05) is 79.7 Å². The van der Waals surface area contributed by atoms with E-state index in [1.54, 1.807) is 27.0 Å². The first kappa shape index (κ1) is 36.7. The second-order valence-corrected chi connectivity index (χ2v) is 15.5. The lowest BCUT2D eigenvalue weighted by Crippen LogP contribution is -2.56. The fourth-order valence-corrected chi connectivity index (χ4v) is 6.65. The van der Waals surface area contributed by atoms with Crippen LogP contribution in [0.25, 0.3) is 11.3 Å². The minimum atomic E-state index is -3.17. The predicted molar refractivity (Wildman–Crippen MR) is 181 cm³/mol. The highest BCUT2D eigenvalue weighted by Crippen LogP contribution is 2.22. The lowest BCUT2D eigenvalue weighted by molar-refractivity contribution is -0.126. The van der Waals surface area contributed by atoms with Gasteiger partial charge in [-0.3, -0.25) is 9.78 Å². The maximum Gasteiger partial charge on any atom is 0.405 e. The van der Waals surface area contributed by atoms with E-state index in [4.69, 9.17) is 0 Å². The number of aromatic nitrogens is 1. The maximum absolute atomic E-state index is 13.6. The van der Waals surface area contributed by atoms with Crippen LogP contribution in [0, 0.1) is 11.3 Å². The van der Waals surface area contributed by atoms with Gasteiger partial charge in [-0.1, -0.05) is 88.4 Å². The molecule has 11 heteroatoms. The van der Waals surface area contributed by atoms with Gasteiger partial charge in [-0.05, 0) is 60.4 Å². The number of carboxylic acid groups (broad SMARTS) is 1. The van der Waals surface area contributed by atoms with Crippen LogP contribution in [0.4, 0.5) is 4.79 Å². The Balaban J connectivity index is 1.86. The number of rotatable bonds is 16. The summed E-state index contributed by atoms with van der Waals surface area (Å²) in [6.45, 7) is 7.57. The lowest BCUT2D eigenvalue weighted by Gasteiger charge is -2.33. The van der Waals surface area contributed by atoms with Crippen molar-refractivity contribution in [2.45, 2.75) is 71.2 Å². The van der Waals surface area contributed by atoms with E-state index in [9.17, 15) is 28.2 Å². The molecule has 2 amide bonds. The second kappa shape index (κ2) is 16.7. The fourth-order valence-electron chi connectivity index (χ4n) is 5.50. The third-order valence-electron chi connectivity index (χ3n) is 7.74. The summed E-state index contributed by atoms with van der Waals surface area (Å²) in [5.41, 5.74) is 2.99. The predicted octanol–water partition coefficient (Wildman–Crippen LogP) is 4.09. The molecule has 0 bridgehead atoms. The zero-order valence-electron chi connectivity index (χ0n) is 27.3. The molecule has 0 fully saturated rings. The first-order valence-corrected chi connectivity index (χ1v) is 17.6. The molecule has 0 saturated carbocycles. The number of pyridine rings is 1. The molecular weight excluding hydrogens is 604 g/mol. The summed E-state index contributed by atoms with van der Waals surface area (Å²) < 4.78 is 23.7.